The predicted octanol–water partition coefficient (Wildman–Crippen LogP) is 5.09. The number of hydrogen-bond acceptors (Lipinski definition) is 4. The molecule has 0 aliphatic heterocycles. The maximum atomic E-state index is 14.5. The Kier molecular flexibility index (Phi) is 5.20. The molecule has 1 aromatic heterocycles. The van der Waals surface area contributed by atoms with Gasteiger partial charge in [-0.3, -0.25) is 4.57 Å². The highest BCUT2D eigenvalue weighted by molar-refractivity contribution is 7.72. The number of halogens is 6. The van der Waals surface area contributed by atoms with Crippen molar-refractivity contribution in [1.29, 1.82) is 0 Å². The minimum Gasteiger partial charge on any atom is -0.333 e. The Morgan fingerprint density at radius 1 is 1.11 bits per heavy atom. The molecule has 12 heteroatoms. The van der Waals surface area contributed by atoms with E-state index in [2.05, 4.69) is 19.8 Å². The molecule has 0 radical (unpaired) electrons. The lowest BCUT2D eigenvalue weighted by Crippen LogP contribution is -2.15. The third-order valence-electron chi connectivity index (χ3n) is 3.54. The molecule has 28 heavy (non-hydrogen) atoms. The predicted molar refractivity (Wildman–Crippen MR) is 92.6 cm³/mol. The van der Waals surface area contributed by atoms with E-state index in [4.69, 9.17) is 11.6 Å². The van der Waals surface area contributed by atoms with E-state index in [1.54, 1.807) is 0 Å². The Bertz CT molecular complexity index is 1070. The van der Waals surface area contributed by atoms with E-state index < -0.39 is 36.0 Å². The van der Waals surface area contributed by atoms with Crippen molar-refractivity contribution in [2.75, 3.05) is 11.8 Å². The zero-order valence-corrected chi connectivity index (χ0v) is 15.5. The molecule has 1 N–H and O–H groups in total. The van der Waals surface area contributed by atoms with Gasteiger partial charge in [-0.05, 0) is 35.9 Å². The molecule has 5 nitrogen and oxygen atoms in total. The number of nitrogens with one attached hydrogen (secondary N) is 1. The van der Waals surface area contributed by atoms with E-state index in [9.17, 15) is 26.5 Å². The van der Waals surface area contributed by atoms with Gasteiger partial charge < -0.3 is 9.61 Å². The van der Waals surface area contributed by atoms with Crippen LogP contribution in [0.2, 0.25) is 0 Å². The highest BCUT2D eigenvalue weighted by Gasteiger charge is 2.36. The van der Waals surface area contributed by atoms with Gasteiger partial charge in [0, 0.05) is 24.0 Å². The lowest BCUT2D eigenvalue weighted by atomic mass is 10.2. The normalized spacial score (nSPS) is 14.0. The van der Waals surface area contributed by atoms with Gasteiger partial charge in [-0.15, -0.1) is 0 Å². The number of hydrogen-bond donors (Lipinski definition) is 1. The summed E-state index contributed by atoms with van der Waals surface area (Å²) in [5, 5.41) is 1.53. The van der Waals surface area contributed by atoms with Crippen molar-refractivity contribution in [3.63, 3.8) is 0 Å². The lowest BCUT2D eigenvalue weighted by molar-refractivity contribution is 0.0551. The first kappa shape index (κ1) is 20.3. The van der Waals surface area contributed by atoms with Gasteiger partial charge in [0.15, 0.2) is 7.29 Å². The van der Waals surface area contributed by atoms with E-state index in [1.165, 1.54) is 6.07 Å². The molecule has 3 aromatic rings. The van der Waals surface area contributed by atoms with Crippen LogP contribution in [0.5, 0.6) is 0 Å². The fourth-order valence-corrected chi connectivity index (χ4v) is 4.02. The van der Waals surface area contributed by atoms with Crippen LogP contribution in [0.1, 0.15) is 5.89 Å². The first-order valence-electron chi connectivity index (χ1n) is 7.49. The highest BCUT2D eigenvalue weighted by atomic mass is 35.5. The van der Waals surface area contributed by atoms with Crippen LogP contribution in [0.4, 0.5) is 27.6 Å². The number of alkyl halides is 3. The summed E-state index contributed by atoms with van der Waals surface area (Å²) < 4.78 is 84.1. The smallest absolute Gasteiger partial charge is 0.333 e. The van der Waals surface area contributed by atoms with E-state index >= 15 is 0 Å². The summed E-state index contributed by atoms with van der Waals surface area (Å²) in [6, 6.07) is 5.63. The molecule has 0 fully saturated rings. The first-order chi connectivity index (χ1) is 13.0. The minimum atomic E-state index is -3.88. The van der Waals surface area contributed by atoms with Gasteiger partial charge in [-0.2, -0.15) is 13.8 Å². The number of nitrogens with zero attached hydrogens (tertiary/aromatic N) is 2. The van der Waals surface area contributed by atoms with Gasteiger partial charge in [-0.25, -0.2) is 13.2 Å². The number of anilines is 1. The van der Waals surface area contributed by atoms with Crippen LogP contribution in [-0.2, 0) is 9.95 Å². The van der Waals surface area contributed by atoms with Gasteiger partial charge in [0.2, 0.25) is 5.82 Å². The standard InChI is InChI=1S/C16H10ClF5N3O2P/c1-28(26,25-11-6-9(18)5-10(19)7-11)13-3-2-8(4-12(13)20)14-23-15(27-24-14)16(17,21)22/h2-7H,1H3,(H,25,26). The maximum Gasteiger partial charge on any atom is 0.400 e. The summed E-state index contributed by atoms with van der Waals surface area (Å²) >= 11 is 4.77. The Hall–Kier alpha value is -2.45. The Balaban J connectivity index is 1.91. The average Bonchev–Trinajstić information content (AvgIpc) is 3.03. The largest absolute Gasteiger partial charge is 0.400 e. The van der Waals surface area contributed by atoms with E-state index in [1.807, 2.05) is 0 Å². The molecule has 0 aliphatic rings. The number of benzene rings is 2. The Morgan fingerprint density at radius 3 is 2.29 bits per heavy atom. The molecule has 0 saturated carbocycles. The zero-order valence-electron chi connectivity index (χ0n) is 13.9. The molecule has 0 aliphatic carbocycles. The van der Waals surface area contributed by atoms with Crippen molar-refractivity contribution in [1.82, 2.24) is 10.1 Å². The summed E-state index contributed by atoms with van der Waals surface area (Å²) in [5.74, 6) is -4.29. The van der Waals surface area contributed by atoms with Crippen molar-refractivity contribution >= 4 is 29.9 Å². The molecule has 0 bridgehead atoms. The van der Waals surface area contributed by atoms with Gasteiger partial charge in [0.25, 0.3) is 0 Å². The van der Waals surface area contributed by atoms with E-state index in [-0.39, 0.29) is 22.4 Å². The van der Waals surface area contributed by atoms with Gasteiger partial charge >= 0.3 is 11.3 Å². The van der Waals surface area contributed by atoms with Gasteiger partial charge in [0.1, 0.15) is 17.5 Å². The third kappa shape index (κ3) is 4.34. The number of rotatable bonds is 5. The van der Waals surface area contributed by atoms with Crippen molar-refractivity contribution in [3.05, 3.63) is 59.7 Å². The molecule has 1 unspecified atom stereocenters. The topological polar surface area (TPSA) is 68.0 Å². The summed E-state index contributed by atoms with van der Waals surface area (Å²) in [6.07, 6.45) is 0. The summed E-state index contributed by atoms with van der Waals surface area (Å²) in [7, 11) is -3.64. The van der Waals surface area contributed by atoms with E-state index in [0.29, 0.717) is 6.07 Å². The van der Waals surface area contributed by atoms with Gasteiger partial charge in [0.05, 0.1) is 5.30 Å². The molecule has 1 heterocycles. The van der Waals surface area contributed by atoms with Gasteiger partial charge in [-0.1, -0.05) is 11.2 Å². The molecular formula is C16H10ClF5N3O2P. The van der Waals surface area contributed by atoms with Crippen LogP contribution in [0.15, 0.2) is 40.9 Å². The molecule has 148 valence electrons. The zero-order chi connectivity index (χ0) is 20.7. The minimum absolute atomic E-state index is 0.0334. The fourth-order valence-electron chi connectivity index (χ4n) is 2.37. The molecule has 0 saturated heterocycles. The highest BCUT2D eigenvalue weighted by Crippen LogP contribution is 2.42. The quantitative estimate of drug-likeness (QED) is 0.342. The van der Waals surface area contributed by atoms with E-state index in [0.717, 1.165) is 30.9 Å². The average molecular weight is 438 g/mol. The Labute approximate surface area is 159 Å². The van der Waals surface area contributed by atoms with Crippen LogP contribution in [0, 0.1) is 17.5 Å². The summed E-state index contributed by atoms with van der Waals surface area (Å²) in [4.78, 5) is 3.38. The summed E-state index contributed by atoms with van der Waals surface area (Å²) in [6.45, 7) is 1.16. The monoisotopic (exact) mass is 437 g/mol. The maximum absolute atomic E-state index is 14.5. The second kappa shape index (κ2) is 7.18. The van der Waals surface area contributed by atoms with Crippen LogP contribution in [-0.4, -0.2) is 16.8 Å². The molecule has 3 rings (SSSR count). The van der Waals surface area contributed by atoms with Crippen LogP contribution in [0.3, 0.4) is 0 Å². The third-order valence-corrected chi connectivity index (χ3v) is 5.67. The van der Waals surface area contributed by atoms with Crippen molar-refractivity contribution in [3.8, 4) is 11.4 Å². The molecule has 2 aromatic carbocycles. The van der Waals surface area contributed by atoms with Crippen molar-refractivity contribution in [2.45, 2.75) is 5.38 Å². The Morgan fingerprint density at radius 2 is 1.75 bits per heavy atom. The second-order valence-corrected chi connectivity index (χ2v) is 8.81. The molecule has 0 spiro atoms. The molecule has 1 atom stereocenters. The van der Waals surface area contributed by atoms with Crippen LogP contribution < -0.4 is 10.4 Å². The van der Waals surface area contributed by atoms with Crippen LogP contribution in [0.25, 0.3) is 11.4 Å². The summed E-state index contributed by atoms with van der Waals surface area (Å²) in [5.41, 5.74) is -0.173. The van der Waals surface area contributed by atoms with Crippen LogP contribution >= 0.6 is 18.9 Å². The lowest BCUT2D eigenvalue weighted by Gasteiger charge is -2.17. The molecular weight excluding hydrogens is 428 g/mol. The number of aromatic nitrogens is 2. The van der Waals surface area contributed by atoms with Crippen molar-refractivity contribution in [2.24, 2.45) is 0 Å². The first-order valence-corrected chi connectivity index (χ1v) is 10.0. The second-order valence-electron chi connectivity index (χ2n) is 5.78. The van der Waals surface area contributed by atoms with Crippen molar-refractivity contribution < 1.29 is 31.0 Å². The SMILES string of the molecule is CP(=O)(Nc1cc(F)cc(F)c1)c1ccc(-c2noc(C(F)(F)Cl)n2)cc1F. The fraction of sp³-hybridized carbons (Fsp3) is 0.125. The molecule has 0 amide bonds.